The topological polar surface area (TPSA) is 56.5 Å². The number of hydrogen-bond acceptors (Lipinski definition) is 5. The zero-order chi connectivity index (χ0) is 13.1. The lowest BCUT2D eigenvalue weighted by Crippen LogP contribution is -2.03. The van der Waals surface area contributed by atoms with Crippen molar-refractivity contribution in [1.82, 2.24) is 25.2 Å². The number of hydrogen-bond donors (Lipinski definition) is 0. The minimum absolute atomic E-state index is 0.427. The highest BCUT2D eigenvalue weighted by atomic mass is 35.5. The molecule has 0 spiro atoms. The van der Waals surface area contributed by atoms with Crippen molar-refractivity contribution < 1.29 is 0 Å². The standard InChI is InChI=1S/C12H10ClN5S/c13-6-10-8-19-11(14-10)7-18-16-12(15-17-18)9-4-2-1-3-5-9/h1-5,8H,6-7H2. The number of halogens is 1. The van der Waals surface area contributed by atoms with Crippen LogP contribution in [0.3, 0.4) is 0 Å². The molecule has 0 saturated heterocycles. The Morgan fingerprint density at radius 3 is 2.79 bits per heavy atom. The molecule has 0 aliphatic rings. The normalized spacial score (nSPS) is 10.8. The summed E-state index contributed by atoms with van der Waals surface area (Å²) in [5.74, 6) is 1.05. The van der Waals surface area contributed by atoms with Crippen LogP contribution < -0.4 is 0 Å². The molecule has 96 valence electrons. The number of thiazole rings is 1. The largest absolute Gasteiger partial charge is 0.243 e. The maximum absolute atomic E-state index is 5.72. The Morgan fingerprint density at radius 2 is 2.05 bits per heavy atom. The third kappa shape index (κ3) is 2.80. The van der Waals surface area contributed by atoms with Gasteiger partial charge in [-0.05, 0) is 5.21 Å². The Bertz CT molecular complexity index is 664. The summed E-state index contributed by atoms with van der Waals surface area (Å²) in [5, 5.41) is 15.3. The lowest BCUT2D eigenvalue weighted by atomic mass is 10.2. The molecule has 19 heavy (non-hydrogen) atoms. The number of nitrogens with zero attached hydrogens (tertiary/aromatic N) is 5. The highest BCUT2D eigenvalue weighted by molar-refractivity contribution is 7.09. The highest BCUT2D eigenvalue weighted by Crippen LogP contribution is 2.14. The molecule has 7 heteroatoms. The third-order valence-corrected chi connectivity index (χ3v) is 3.65. The molecule has 2 aromatic heterocycles. The van der Waals surface area contributed by atoms with Gasteiger partial charge in [0.2, 0.25) is 5.82 Å². The van der Waals surface area contributed by atoms with Crippen molar-refractivity contribution in [3.8, 4) is 11.4 Å². The first-order chi connectivity index (χ1) is 9.35. The van der Waals surface area contributed by atoms with Gasteiger partial charge in [0, 0.05) is 10.9 Å². The van der Waals surface area contributed by atoms with Gasteiger partial charge in [-0.1, -0.05) is 30.3 Å². The van der Waals surface area contributed by atoms with Gasteiger partial charge >= 0.3 is 0 Å². The molecule has 3 rings (SSSR count). The smallest absolute Gasteiger partial charge is 0.204 e. The van der Waals surface area contributed by atoms with E-state index in [1.54, 1.807) is 16.1 Å². The number of rotatable bonds is 4. The second kappa shape index (κ2) is 5.46. The van der Waals surface area contributed by atoms with Gasteiger partial charge in [-0.25, -0.2) is 4.98 Å². The molecule has 0 N–H and O–H groups in total. The summed E-state index contributed by atoms with van der Waals surface area (Å²) >= 11 is 7.27. The van der Waals surface area contributed by atoms with E-state index >= 15 is 0 Å². The Balaban J connectivity index is 1.78. The van der Waals surface area contributed by atoms with Crippen LogP contribution in [-0.2, 0) is 12.4 Å². The molecular weight excluding hydrogens is 282 g/mol. The number of benzene rings is 1. The van der Waals surface area contributed by atoms with Crippen LogP contribution in [0.1, 0.15) is 10.7 Å². The summed E-state index contributed by atoms with van der Waals surface area (Å²) in [7, 11) is 0. The highest BCUT2D eigenvalue weighted by Gasteiger charge is 2.07. The number of alkyl halides is 1. The van der Waals surface area contributed by atoms with E-state index in [1.165, 1.54) is 0 Å². The first-order valence-electron chi connectivity index (χ1n) is 5.67. The summed E-state index contributed by atoms with van der Waals surface area (Å²) in [4.78, 5) is 5.90. The maximum atomic E-state index is 5.72. The van der Waals surface area contributed by atoms with E-state index in [4.69, 9.17) is 11.6 Å². The third-order valence-electron chi connectivity index (χ3n) is 2.50. The van der Waals surface area contributed by atoms with Gasteiger partial charge in [-0.3, -0.25) is 0 Å². The van der Waals surface area contributed by atoms with E-state index in [-0.39, 0.29) is 0 Å². The molecule has 5 nitrogen and oxygen atoms in total. The molecule has 1 aromatic carbocycles. The van der Waals surface area contributed by atoms with Gasteiger partial charge in [0.15, 0.2) is 0 Å². The molecule has 0 amide bonds. The summed E-state index contributed by atoms with van der Waals surface area (Å²) in [6.07, 6.45) is 0. The Hall–Kier alpha value is -1.79. The first-order valence-corrected chi connectivity index (χ1v) is 7.09. The van der Waals surface area contributed by atoms with Gasteiger partial charge in [-0.2, -0.15) is 4.80 Å². The molecule has 0 bridgehead atoms. The molecular formula is C12H10ClN5S. The molecule has 0 aliphatic carbocycles. The van der Waals surface area contributed by atoms with Crippen molar-refractivity contribution in [2.24, 2.45) is 0 Å². The molecule has 0 atom stereocenters. The van der Waals surface area contributed by atoms with E-state index in [0.717, 1.165) is 16.3 Å². The number of tetrazole rings is 1. The van der Waals surface area contributed by atoms with Crippen LogP contribution >= 0.6 is 22.9 Å². The number of aromatic nitrogens is 5. The average molecular weight is 292 g/mol. The summed E-state index contributed by atoms with van der Waals surface area (Å²) in [6.45, 7) is 0.515. The summed E-state index contributed by atoms with van der Waals surface area (Å²) < 4.78 is 0. The van der Waals surface area contributed by atoms with E-state index in [2.05, 4.69) is 20.4 Å². The van der Waals surface area contributed by atoms with Crippen LogP contribution in [0.25, 0.3) is 11.4 Å². The monoisotopic (exact) mass is 291 g/mol. The Morgan fingerprint density at radius 1 is 1.21 bits per heavy atom. The SMILES string of the molecule is ClCc1csc(Cn2nnc(-c3ccccc3)n2)n1. The van der Waals surface area contributed by atoms with Crippen LogP contribution in [0.5, 0.6) is 0 Å². The maximum Gasteiger partial charge on any atom is 0.204 e. The zero-order valence-corrected chi connectivity index (χ0v) is 11.5. The summed E-state index contributed by atoms with van der Waals surface area (Å²) in [5.41, 5.74) is 1.83. The van der Waals surface area contributed by atoms with Crippen LogP contribution in [-0.4, -0.2) is 25.2 Å². The van der Waals surface area contributed by atoms with Gasteiger partial charge < -0.3 is 0 Å². The van der Waals surface area contributed by atoms with Crippen LogP contribution in [0.4, 0.5) is 0 Å². The lowest BCUT2D eigenvalue weighted by Gasteiger charge is -1.94. The fourth-order valence-electron chi connectivity index (χ4n) is 1.62. The van der Waals surface area contributed by atoms with Crippen molar-refractivity contribution >= 4 is 22.9 Å². The Kier molecular flexibility index (Phi) is 3.52. The molecule has 0 aliphatic heterocycles. The quantitative estimate of drug-likeness (QED) is 0.693. The van der Waals surface area contributed by atoms with Crippen molar-refractivity contribution in [1.29, 1.82) is 0 Å². The Labute approximate surface area is 118 Å². The van der Waals surface area contributed by atoms with Gasteiger partial charge in [0.1, 0.15) is 11.6 Å². The fourth-order valence-corrected chi connectivity index (χ4v) is 2.61. The zero-order valence-electron chi connectivity index (χ0n) is 9.90. The predicted octanol–water partition coefficient (Wildman–Crippen LogP) is 2.58. The van der Waals surface area contributed by atoms with Crippen LogP contribution in [0, 0.1) is 0 Å². The molecule has 0 unspecified atom stereocenters. The van der Waals surface area contributed by atoms with E-state index < -0.39 is 0 Å². The molecule has 0 radical (unpaired) electrons. The molecule has 0 fully saturated rings. The minimum Gasteiger partial charge on any atom is -0.243 e. The molecule has 2 heterocycles. The summed E-state index contributed by atoms with van der Waals surface area (Å²) in [6, 6.07) is 9.76. The van der Waals surface area contributed by atoms with Gasteiger partial charge in [0.05, 0.1) is 11.6 Å². The van der Waals surface area contributed by atoms with E-state index in [9.17, 15) is 0 Å². The predicted molar refractivity (Wildman–Crippen MR) is 74.0 cm³/mol. The van der Waals surface area contributed by atoms with E-state index in [0.29, 0.717) is 18.2 Å². The van der Waals surface area contributed by atoms with Crippen molar-refractivity contribution in [2.45, 2.75) is 12.4 Å². The second-order valence-electron chi connectivity index (χ2n) is 3.88. The first kappa shape index (κ1) is 12.3. The second-order valence-corrected chi connectivity index (χ2v) is 5.09. The lowest BCUT2D eigenvalue weighted by molar-refractivity contribution is 0.570. The van der Waals surface area contributed by atoms with Crippen LogP contribution in [0.15, 0.2) is 35.7 Å². The van der Waals surface area contributed by atoms with E-state index in [1.807, 2.05) is 35.7 Å². The molecule has 3 aromatic rings. The van der Waals surface area contributed by atoms with Crippen molar-refractivity contribution in [3.05, 3.63) is 46.4 Å². The van der Waals surface area contributed by atoms with Gasteiger partial charge in [-0.15, -0.1) is 33.1 Å². The fraction of sp³-hybridized carbons (Fsp3) is 0.167. The minimum atomic E-state index is 0.427. The average Bonchev–Trinajstić information content (AvgIpc) is 3.09. The van der Waals surface area contributed by atoms with Crippen LogP contribution in [0.2, 0.25) is 0 Å². The molecule has 0 saturated carbocycles. The van der Waals surface area contributed by atoms with Crippen molar-refractivity contribution in [2.75, 3.05) is 0 Å². The van der Waals surface area contributed by atoms with Gasteiger partial charge in [0.25, 0.3) is 0 Å². The van der Waals surface area contributed by atoms with Crippen molar-refractivity contribution in [3.63, 3.8) is 0 Å².